The third-order valence-corrected chi connectivity index (χ3v) is 4.94. The first-order valence-corrected chi connectivity index (χ1v) is 9.40. The molecule has 0 bridgehead atoms. The fourth-order valence-corrected chi connectivity index (χ4v) is 3.40. The maximum atomic E-state index is 12.5. The molecule has 0 unspecified atom stereocenters. The Morgan fingerprint density at radius 2 is 1.85 bits per heavy atom. The summed E-state index contributed by atoms with van der Waals surface area (Å²) in [6.07, 6.45) is 6.35. The SMILES string of the molecule is COCCN(CC(=O)NCC1CCCCC1)c1ccc(OC)c(OC)c1. The monoisotopic (exact) mass is 364 g/mol. The van der Waals surface area contributed by atoms with Crippen molar-refractivity contribution in [2.45, 2.75) is 32.1 Å². The fourth-order valence-electron chi connectivity index (χ4n) is 3.40. The minimum Gasteiger partial charge on any atom is -0.493 e. The van der Waals surface area contributed by atoms with E-state index in [4.69, 9.17) is 14.2 Å². The van der Waals surface area contributed by atoms with Crippen molar-refractivity contribution in [1.82, 2.24) is 5.32 Å². The Morgan fingerprint density at radius 1 is 1.12 bits per heavy atom. The topological polar surface area (TPSA) is 60.0 Å². The van der Waals surface area contributed by atoms with Gasteiger partial charge < -0.3 is 24.4 Å². The summed E-state index contributed by atoms with van der Waals surface area (Å²) in [6.45, 7) is 2.25. The highest BCUT2D eigenvalue weighted by Gasteiger charge is 2.17. The predicted molar refractivity (Wildman–Crippen MR) is 103 cm³/mol. The van der Waals surface area contributed by atoms with Crippen LogP contribution in [-0.4, -0.2) is 53.5 Å². The molecule has 0 atom stereocenters. The predicted octanol–water partition coefficient (Wildman–Crippen LogP) is 2.85. The van der Waals surface area contributed by atoms with Gasteiger partial charge in [-0.1, -0.05) is 19.3 Å². The van der Waals surface area contributed by atoms with Gasteiger partial charge in [0, 0.05) is 32.0 Å². The lowest BCUT2D eigenvalue weighted by Crippen LogP contribution is -2.40. The molecular formula is C20H32N2O4. The van der Waals surface area contributed by atoms with Gasteiger partial charge in [-0.05, 0) is 30.9 Å². The second-order valence-corrected chi connectivity index (χ2v) is 6.76. The summed E-state index contributed by atoms with van der Waals surface area (Å²) in [5.74, 6) is 1.99. The molecule has 1 N–H and O–H groups in total. The van der Waals surface area contributed by atoms with Crippen molar-refractivity contribution in [3.63, 3.8) is 0 Å². The average Bonchev–Trinajstić information content (AvgIpc) is 2.69. The number of methoxy groups -OCH3 is 3. The largest absolute Gasteiger partial charge is 0.493 e. The van der Waals surface area contributed by atoms with Crippen LogP contribution in [-0.2, 0) is 9.53 Å². The Morgan fingerprint density at radius 3 is 2.50 bits per heavy atom. The van der Waals surface area contributed by atoms with Crippen LogP contribution in [0.5, 0.6) is 11.5 Å². The third kappa shape index (κ3) is 6.09. The normalized spacial score (nSPS) is 14.7. The van der Waals surface area contributed by atoms with Crippen molar-refractivity contribution < 1.29 is 19.0 Å². The summed E-state index contributed by atoms with van der Waals surface area (Å²) < 4.78 is 15.9. The van der Waals surface area contributed by atoms with Gasteiger partial charge in [-0.2, -0.15) is 0 Å². The molecule has 146 valence electrons. The van der Waals surface area contributed by atoms with Crippen molar-refractivity contribution in [2.24, 2.45) is 5.92 Å². The maximum Gasteiger partial charge on any atom is 0.239 e. The maximum absolute atomic E-state index is 12.5. The Kier molecular flexibility index (Phi) is 8.54. The van der Waals surface area contributed by atoms with E-state index in [2.05, 4.69) is 5.32 Å². The van der Waals surface area contributed by atoms with E-state index in [-0.39, 0.29) is 5.91 Å². The molecule has 0 heterocycles. The van der Waals surface area contributed by atoms with Gasteiger partial charge in [0.15, 0.2) is 11.5 Å². The van der Waals surface area contributed by atoms with Crippen LogP contribution in [0.4, 0.5) is 5.69 Å². The van der Waals surface area contributed by atoms with E-state index in [1.54, 1.807) is 21.3 Å². The van der Waals surface area contributed by atoms with Gasteiger partial charge in [0.25, 0.3) is 0 Å². The molecule has 2 rings (SSSR count). The fraction of sp³-hybridized carbons (Fsp3) is 0.650. The third-order valence-electron chi connectivity index (χ3n) is 4.94. The Balaban J connectivity index is 1.98. The standard InChI is InChI=1S/C20H32N2O4/c1-24-12-11-22(17-9-10-18(25-2)19(13-17)26-3)15-20(23)21-14-16-7-5-4-6-8-16/h9-10,13,16H,4-8,11-12,14-15H2,1-3H3,(H,21,23). The Labute approximate surface area is 156 Å². The van der Waals surface area contributed by atoms with Crippen LogP contribution >= 0.6 is 0 Å². The lowest BCUT2D eigenvalue weighted by Gasteiger charge is -2.26. The summed E-state index contributed by atoms with van der Waals surface area (Å²) in [5.41, 5.74) is 0.910. The van der Waals surface area contributed by atoms with Crippen molar-refractivity contribution in [1.29, 1.82) is 0 Å². The minimum atomic E-state index is 0.0430. The molecule has 6 heteroatoms. The van der Waals surface area contributed by atoms with E-state index in [9.17, 15) is 4.79 Å². The highest BCUT2D eigenvalue weighted by molar-refractivity contribution is 5.81. The van der Waals surface area contributed by atoms with E-state index in [0.29, 0.717) is 37.1 Å². The van der Waals surface area contributed by atoms with E-state index >= 15 is 0 Å². The number of carbonyl (C=O) groups excluding carboxylic acids is 1. The summed E-state index contributed by atoms with van der Waals surface area (Å²) in [4.78, 5) is 14.5. The second-order valence-electron chi connectivity index (χ2n) is 6.76. The first kappa shape index (κ1) is 20.4. The van der Waals surface area contributed by atoms with E-state index in [1.807, 2.05) is 23.1 Å². The zero-order chi connectivity index (χ0) is 18.8. The summed E-state index contributed by atoms with van der Waals surface area (Å²) >= 11 is 0. The van der Waals surface area contributed by atoms with Crippen LogP contribution in [0.15, 0.2) is 18.2 Å². The number of nitrogens with zero attached hydrogens (tertiary/aromatic N) is 1. The molecule has 1 amide bonds. The Hall–Kier alpha value is -1.95. The van der Waals surface area contributed by atoms with Gasteiger partial charge in [-0.15, -0.1) is 0 Å². The number of anilines is 1. The number of ether oxygens (including phenoxy) is 3. The average molecular weight is 364 g/mol. The van der Waals surface area contributed by atoms with E-state index in [1.165, 1.54) is 32.1 Å². The van der Waals surface area contributed by atoms with Gasteiger partial charge in [0.1, 0.15) is 0 Å². The zero-order valence-electron chi connectivity index (χ0n) is 16.3. The van der Waals surface area contributed by atoms with Crippen LogP contribution in [0.25, 0.3) is 0 Å². The number of benzene rings is 1. The Bertz CT molecular complexity index is 559. The number of nitrogens with one attached hydrogen (secondary N) is 1. The van der Waals surface area contributed by atoms with Gasteiger partial charge in [0.2, 0.25) is 5.91 Å². The number of amides is 1. The van der Waals surface area contributed by atoms with E-state index < -0.39 is 0 Å². The van der Waals surface area contributed by atoms with Gasteiger partial charge in [0.05, 0.1) is 27.4 Å². The van der Waals surface area contributed by atoms with Crippen molar-refractivity contribution in [3.8, 4) is 11.5 Å². The number of hydrogen-bond acceptors (Lipinski definition) is 5. The minimum absolute atomic E-state index is 0.0430. The summed E-state index contributed by atoms with van der Waals surface area (Å²) in [6, 6.07) is 5.68. The van der Waals surface area contributed by atoms with E-state index in [0.717, 1.165) is 12.2 Å². The lowest BCUT2D eigenvalue weighted by molar-refractivity contribution is -0.120. The molecule has 0 radical (unpaired) electrons. The summed E-state index contributed by atoms with van der Waals surface area (Å²) in [7, 11) is 4.88. The second kappa shape index (κ2) is 10.9. The zero-order valence-corrected chi connectivity index (χ0v) is 16.3. The van der Waals surface area contributed by atoms with Gasteiger partial charge in [-0.3, -0.25) is 4.79 Å². The molecule has 1 aromatic carbocycles. The molecule has 1 fully saturated rings. The van der Waals surface area contributed by atoms with Crippen LogP contribution in [0.3, 0.4) is 0 Å². The van der Waals surface area contributed by atoms with Crippen molar-refractivity contribution in [3.05, 3.63) is 18.2 Å². The number of hydrogen-bond donors (Lipinski definition) is 1. The van der Waals surface area contributed by atoms with Crippen LogP contribution in [0.1, 0.15) is 32.1 Å². The highest BCUT2D eigenvalue weighted by atomic mass is 16.5. The number of carbonyl (C=O) groups is 1. The molecular weight excluding hydrogens is 332 g/mol. The molecule has 0 aliphatic heterocycles. The molecule has 0 spiro atoms. The highest BCUT2D eigenvalue weighted by Crippen LogP contribution is 2.31. The van der Waals surface area contributed by atoms with Crippen LogP contribution < -0.4 is 19.7 Å². The first-order valence-electron chi connectivity index (χ1n) is 9.40. The molecule has 0 aromatic heterocycles. The first-order chi connectivity index (χ1) is 12.7. The smallest absolute Gasteiger partial charge is 0.239 e. The molecule has 26 heavy (non-hydrogen) atoms. The number of rotatable bonds is 10. The quantitative estimate of drug-likeness (QED) is 0.692. The lowest BCUT2D eigenvalue weighted by atomic mass is 9.89. The molecule has 6 nitrogen and oxygen atoms in total. The van der Waals surface area contributed by atoms with Gasteiger partial charge in [-0.25, -0.2) is 0 Å². The molecule has 1 aliphatic rings. The summed E-state index contributed by atoms with van der Waals surface area (Å²) in [5, 5.41) is 3.10. The van der Waals surface area contributed by atoms with Crippen LogP contribution in [0, 0.1) is 5.92 Å². The molecule has 0 saturated heterocycles. The van der Waals surface area contributed by atoms with Crippen molar-refractivity contribution >= 4 is 11.6 Å². The molecule has 1 aliphatic carbocycles. The van der Waals surface area contributed by atoms with Crippen LogP contribution in [0.2, 0.25) is 0 Å². The molecule has 1 saturated carbocycles. The molecule has 1 aromatic rings. The van der Waals surface area contributed by atoms with Crippen molar-refractivity contribution in [2.75, 3.05) is 52.5 Å². The van der Waals surface area contributed by atoms with Gasteiger partial charge >= 0.3 is 0 Å².